The van der Waals surface area contributed by atoms with Gasteiger partial charge in [-0.05, 0) is 52.6 Å². The van der Waals surface area contributed by atoms with Gasteiger partial charge < -0.3 is 0 Å². The highest BCUT2D eigenvalue weighted by atomic mass is 128. The molecular weight excluding hydrogens is 560 g/mol. The lowest BCUT2D eigenvalue weighted by Crippen LogP contribution is -2.50. The summed E-state index contributed by atoms with van der Waals surface area (Å²) in [6.45, 7) is 4.38. The Morgan fingerprint density at radius 3 is 2.57 bits per heavy atom. The van der Waals surface area contributed by atoms with Crippen LogP contribution in [0.3, 0.4) is 0 Å². The number of hydrogen-bond acceptors (Lipinski definition) is 2. The number of Topliss-reactive ketones (excluding diaryl/α,β-unsaturated/α-hetero) is 1. The Hall–Kier alpha value is 0.560. The fourth-order valence-electron chi connectivity index (χ4n) is 3.71. The van der Waals surface area contributed by atoms with E-state index in [1.54, 1.807) is 6.20 Å². The lowest BCUT2D eigenvalue weighted by molar-refractivity contribution is -0.906. The molecule has 1 N–H and O–H groups in total. The Balaban J connectivity index is 0.000000706. The molecule has 1 heterocycles. The maximum absolute atomic E-state index is 12.6. The SMILES string of the molecule is C.CC1C(C)C2C(=O)c3c(cc(Br)c[n+]3O)CCC12.II. The second kappa shape index (κ2) is 7.90. The minimum atomic E-state index is 0. The lowest BCUT2D eigenvalue weighted by Gasteiger charge is -2.47. The van der Waals surface area contributed by atoms with E-state index < -0.39 is 0 Å². The van der Waals surface area contributed by atoms with Crippen molar-refractivity contribution >= 4 is 58.9 Å². The molecule has 0 amide bonds. The fourth-order valence-corrected chi connectivity index (χ4v) is 4.18. The highest BCUT2D eigenvalue weighted by Crippen LogP contribution is 2.50. The summed E-state index contributed by atoms with van der Waals surface area (Å²) in [7, 11) is 0. The molecule has 0 spiro atoms. The highest BCUT2D eigenvalue weighted by molar-refractivity contribution is 15.0. The van der Waals surface area contributed by atoms with E-state index in [1.807, 2.05) is 6.07 Å². The van der Waals surface area contributed by atoms with Crippen LogP contribution in [0.15, 0.2) is 16.7 Å². The van der Waals surface area contributed by atoms with E-state index >= 15 is 0 Å². The first-order chi connectivity index (χ1) is 9.50. The lowest BCUT2D eigenvalue weighted by atomic mass is 9.56. The molecule has 1 aromatic rings. The first kappa shape index (κ1) is 19.6. The number of aryl methyl sites for hydroxylation is 1. The van der Waals surface area contributed by atoms with Gasteiger partial charge in [-0.15, -0.1) is 0 Å². The topological polar surface area (TPSA) is 41.2 Å². The van der Waals surface area contributed by atoms with Crippen LogP contribution in [0.1, 0.15) is 43.7 Å². The monoisotopic (exact) mass is 580 g/mol. The van der Waals surface area contributed by atoms with Crippen LogP contribution in [-0.2, 0) is 6.42 Å². The van der Waals surface area contributed by atoms with E-state index in [0.29, 0.717) is 23.4 Å². The van der Waals surface area contributed by atoms with Crippen LogP contribution >= 0.6 is 53.2 Å². The molecule has 0 radical (unpaired) electrons. The molecule has 21 heavy (non-hydrogen) atoms. The van der Waals surface area contributed by atoms with Gasteiger partial charge in [0.05, 0.1) is 4.47 Å². The number of rotatable bonds is 0. The second-order valence-corrected chi connectivity index (χ2v) is 6.60. The molecule has 1 aromatic heterocycles. The van der Waals surface area contributed by atoms with Crippen molar-refractivity contribution in [3.8, 4) is 0 Å². The smallest absolute Gasteiger partial charge is 0.287 e. The normalized spacial score (nSPS) is 29.7. The summed E-state index contributed by atoms with van der Waals surface area (Å²) in [4.78, 5) is 12.6. The van der Waals surface area contributed by atoms with Crippen LogP contribution in [0.4, 0.5) is 0 Å². The molecule has 0 saturated heterocycles. The average molecular weight is 581 g/mol. The minimum absolute atomic E-state index is 0. The van der Waals surface area contributed by atoms with Crippen LogP contribution in [0.5, 0.6) is 0 Å². The second-order valence-electron chi connectivity index (χ2n) is 5.69. The first-order valence-electron chi connectivity index (χ1n) is 6.62. The molecule has 118 valence electrons. The predicted molar refractivity (Wildman–Crippen MR) is 104 cm³/mol. The zero-order valence-corrected chi connectivity index (χ0v) is 17.2. The minimum Gasteiger partial charge on any atom is -0.287 e. The van der Waals surface area contributed by atoms with Gasteiger partial charge in [0.2, 0.25) is 12.0 Å². The van der Waals surface area contributed by atoms with Gasteiger partial charge in [-0.25, -0.2) is 0 Å². The first-order valence-corrected chi connectivity index (χ1v) is 13.7. The Kier molecular flexibility index (Phi) is 7.37. The van der Waals surface area contributed by atoms with Crippen molar-refractivity contribution < 1.29 is 14.7 Å². The van der Waals surface area contributed by atoms with Gasteiger partial charge in [-0.3, -0.25) is 10.0 Å². The Morgan fingerprint density at radius 2 is 1.95 bits per heavy atom. The van der Waals surface area contributed by atoms with Crippen LogP contribution < -0.4 is 4.73 Å². The number of pyridine rings is 1. The summed E-state index contributed by atoms with van der Waals surface area (Å²) in [5.41, 5.74) is 1.45. The van der Waals surface area contributed by atoms with E-state index in [9.17, 15) is 10.0 Å². The molecule has 6 heteroatoms. The van der Waals surface area contributed by atoms with Gasteiger partial charge in [0.25, 0.3) is 0 Å². The Labute approximate surface area is 158 Å². The van der Waals surface area contributed by atoms with Crippen molar-refractivity contribution in [1.29, 1.82) is 0 Å². The number of halogens is 3. The number of aromatic nitrogens is 1. The van der Waals surface area contributed by atoms with E-state index in [0.717, 1.165) is 27.6 Å². The van der Waals surface area contributed by atoms with Crippen molar-refractivity contribution in [2.45, 2.75) is 34.1 Å². The van der Waals surface area contributed by atoms with Crippen molar-refractivity contribution in [2.75, 3.05) is 0 Å². The quantitative estimate of drug-likeness (QED) is 0.266. The van der Waals surface area contributed by atoms with Gasteiger partial charge in [-0.1, -0.05) is 21.3 Å². The Morgan fingerprint density at radius 1 is 1.33 bits per heavy atom. The number of fused-ring (bicyclic) bond motifs is 2. The molecule has 2 aliphatic carbocycles. The summed E-state index contributed by atoms with van der Waals surface area (Å²) in [6, 6.07) is 1.96. The Bertz CT molecular complexity index is 539. The summed E-state index contributed by atoms with van der Waals surface area (Å²) in [6.07, 6.45) is 3.47. The van der Waals surface area contributed by atoms with E-state index in [1.165, 1.54) is 0 Å². The highest BCUT2D eigenvalue weighted by Gasteiger charge is 2.53. The third kappa shape index (κ3) is 3.41. The standard InChI is InChI=1S/C14H17BrNO2.CH4.I2/c1-7-8(2)12-11(7)4-3-9-5-10(15)6-16(18)13(9)14(12)17;;1-2/h5-8,11-12,18H,3-4H2,1-2H3;1H4;/q+1;;. The van der Waals surface area contributed by atoms with Gasteiger partial charge in [0.15, 0.2) is 0 Å². The van der Waals surface area contributed by atoms with Crippen LogP contribution in [0.25, 0.3) is 0 Å². The van der Waals surface area contributed by atoms with Gasteiger partial charge >= 0.3 is 5.69 Å². The number of carbonyl (C=O) groups excluding carboxylic acids is 1. The van der Waals surface area contributed by atoms with Crippen molar-refractivity contribution in [1.82, 2.24) is 0 Å². The number of hydrogen-bond donors (Lipinski definition) is 1. The number of nitrogens with zero attached hydrogens (tertiary/aromatic N) is 1. The molecule has 1 saturated carbocycles. The molecule has 2 aliphatic rings. The molecule has 4 atom stereocenters. The van der Waals surface area contributed by atoms with Crippen LogP contribution in [0.2, 0.25) is 0 Å². The molecule has 3 nitrogen and oxygen atoms in total. The van der Waals surface area contributed by atoms with Crippen molar-refractivity contribution in [3.63, 3.8) is 0 Å². The molecule has 0 bridgehead atoms. The number of ketones is 1. The average Bonchev–Trinajstić information content (AvgIpc) is 2.55. The molecule has 0 aliphatic heterocycles. The predicted octanol–water partition coefficient (Wildman–Crippen LogP) is 5.03. The van der Waals surface area contributed by atoms with E-state index in [-0.39, 0.29) is 19.1 Å². The van der Waals surface area contributed by atoms with Gasteiger partial charge in [0.1, 0.15) is 0 Å². The molecule has 0 aromatic carbocycles. The summed E-state index contributed by atoms with van der Waals surface area (Å²) >= 11 is 7.60. The summed E-state index contributed by atoms with van der Waals surface area (Å²) in [5, 5.41) is 9.98. The molecular formula is C15H21BrI2NO2+. The van der Waals surface area contributed by atoms with Crippen LogP contribution in [-0.4, -0.2) is 11.0 Å². The zero-order chi connectivity index (χ0) is 15.0. The molecule has 3 rings (SSSR count). The fraction of sp³-hybridized carbons (Fsp3) is 0.600. The summed E-state index contributed by atoms with van der Waals surface area (Å²) < 4.78 is 1.81. The van der Waals surface area contributed by atoms with E-state index in [4.69, 9.17) is 0 Å². The number of carbonyl (C=O) groups is 1. The molecule has 4 unspecified atom stereocenters. The summed E-state index contributed by atoms with van der Waals surface area (Å²) in [5.74, 6) is 1.74. The van der Waals surface area contributed by atoms with Gasteiger partial charge in [-0.2, -0.15) is 0 Å². The zero-order valence-electron chi connectivity index (χ0n) is 11.3. The third-order valence-electron chi connectivity index (χ3n) is 4.91. The van der Waals surface area contributed by atoms with E-state index in [2.05, 4.69) is 67.0 Å². The van der Waals surface area contributed by atoms with Crippen molar-refractivity contribution in [3.05, 3.63) is 28.0 Å². The maximum atomic E-state index is 12.6. The molecule has 1 fully saturated rings. The largest absolute Gasteiger partial charge is 0.303 e. The van der Waals surface area contributed by atoms with Crippen LogP contribution in [0, 0.1) is 23.7 Å². The third-order valence-corrected chi connectivity index (χ3v) is 5.34. The van der Waals surface area contributed by atoms with Crippen molar-refractivity contribution in [2.24, 2.45) is 23.7 Å². The maximum Gasteiger partial charge on any atom is 0.303 e. The van der Waals surface area contributed by atoms with Gasteiger partial charge in [0, 0.05) is 53.4 Å².